The summed E-state index contributed by atoms with van der Waals surface area (Å²) in [5, 5.41) is 11.6. The predicted octanol–water partition coefficient (Wildman–Crippen LogP) is 2.95. The quantitative estimate of drug-likeness (QED) is 0.691. The van der Waals surface area contributed by atoms with Crippen LogP contribution in [0.2, 0.25) is 0 Å². The maximum absolute atomic E-state index is 15.3. The van der Waals surface area contributed by atoms with Crippen LogP contribution in [0.5, 0.6) is 0 Å². The molecule has 2 rings (SSSR count). The van der Waals surface area contributed by atoms with E-state index in [4.69, 9.17) is 9.47 Å². The van der Waals surface area contributed by atoms with E-state index in [1.165, 1.54) is 18.2 Å². The highest BCUT2D eigenvalue weighted by molar-refractivity contribution is 5.93. The van der Waals surface area contributed by atoms with Gasteiger partial charge >= 0.3 is 5.97 Å². The molecule has 29 heavy (non-hydrogen) atoms. The number of ether oxygens (including phenoxy) is 2. The number of aryl methyl sites for hydroxylation is 1. The van der Waals surface area contributed by atoms with Gasteiger partial charge in [0.25, 0.3) is 11.6 Å². The maximum Gasteiger partial charge on any atom is 0.331 e. The molecule has 0 aromatic heterocycles. The Morgan fingerprint density at radius 1 is 1.17 bits per heavy atom. The lowest BCUT2D eigenvalue weighted by Crippen LogP contribution is -2.53. The third-order valence-corrected chi connectivity index (χ3v) is 4.48. The molecule has 7 heteroatoms. The molecular formula is C22H23FN2O4. The summed E-state index contributed by atoms with van der Waals surface area (Å²) in [4.78, 5) is 24.8. The van der Waals surface area contributed by atoms with E-state index in [-0.39, 0.29) is 12.2 Å². The molecule has 0 fully saturated rings. The number of nitrogens with zero attached hydrogens (tertiary/aromatic N) is 1. The van der Waals surface area contributed by atoms with E-state index >= 15 is 4.39 Å². The lowest BCUT2D eigenvalue weighted by atomic mass is 9.95. The molecule has 0 unspecified atom stereocenters. The summed E-state index contributed by atoms with van der Waals surface area (Å²) >= 11 is 0. The Kier molecular flexibility index (Phi) is 7.46. The van der Waals surface area contributed by atoms with E-state index in [0.29, 0.717) is 0 Å². The lowest BCUT2D eigenvalue weighted by molar-refractivity contribution is -0.151. The maximum atomic E-state index is 15.3. The van der Waals surface area contributed by atoms with Crippen molar-refractivity contribution < 1.29 is 23.5 Å². The van der Waals surface area contributed by atoms with Crippen LogP contribution in [0, 0.1) is 18.3 Å². The number of benzene rings is 2. The number of carbonyl (C=O) groups excluding carboxylic acids is 2. The number of nitriles is 1. The molecule has 0 radical (unpaired) electrons. The minimum Gasteiger partial charge on any atom is -0.467 e. The van der Waals surface area contributed by atoms with Crippen LogP contribution in [0.4, 0.5) is 4.39 Å². The zero-order valence-electron chi connectivity index (χ0n) is 16.5. The zero-order chi connectivity index (χ0) is 21.4. The van der Waals surface area contributed by atoms with Crippen LogP contribution in [-0.4, -0.2) is 31.1 Å². The van der Waals surface area contributed by atoms with Crippen LogP contribution >= 0.6 is 0 Å². The third-order valence-electron chi connectivity index (χ3n) is 4.48. The van der Waals surface area contributed by atoms with Crippen LogP contribution in [0.15, 0.2) is 54.6 Å². The topological polar surface area (TPSA) is 88.4 Å². The molecule has 3 atom stereocenters. The Hall–Kier alpha value is -3.24. The van der Waals surface area contributed by atoms with Crippen molar-refractivity contribution in [3.8, 4) is 6.07 Å². The van der Waals surface area contributed by atoms with Crippen molar-refractivity contribution in [3.05, 3.63) is 71.3 Å². The molecular weight excluding hydrogens is 375 g/mol. The fourth-order valence-corrected chi connectivity index (χ4v) is 2.66. The van der Waals surface area contributed by atoms with Gasteiger partial charge in [0.15, 0.2) is 6.04 Å². The number of rotatable bonds is 8. The zero-order valence-corrected chi connectivity index (χ0v) is 16.5. The van der Waals surface area contributed by atoms with Crippen molar-refractivity contribution in [2.75, 3.05) is 7.11 Å². The highest BCUT2D eigenvalue weighted by Crippen LogP contribution is 2.26. The predicted molar refractivity (Wildman–Crippen MR) is 104 cm³/mol. The molecule has 0 spiro atoms. The van der Waals surface area contributed by atoms with E-state index in [1.54, 1.807) is 26.0 Å². The van der Waals surface area contributed by atoms with Crippen molar-refractivity contribution in [1.82, 2.24) is 5.32 Å². The number of hydrogen-bond acceptors (Lipinski definition) is 5. The van der Waals surface area contributed by atoms with Crippen LogP contribution < -0.4 is 5.32 Å². The molecule has 6 nitrogen and oxygen atoms in total. The fraction of sp³-hybridized carbons (Fsp3) is 0.318. The van der Waals surface area contributed by atoms with E-state index in [0.717, 1.165) is 18.2 Å². The molecule has 1 amide bonds. The first-order valence-electron chi connectivity index (χ1n) is 9.03. The number of methoxy groups -OCH3 is 1. The standard InChI is InChI=1S/C22H23FN2O4/c1-15-9-11-18(12-10-15)22(23,14-24)21(27)25-19(20(26)28-3)16(2)29-13-17-7-5-4-6-8-17/h4-12,16,19H,13H2,1-3H3,(H,25,27)/t16-,19+,22-/m1/s1. The molecule has 0 aliphatic carbocycles. The highest BCUT2D eigenvalue weighted by atomic mass is 19.1. The molecule has 0 aliphatic rings. The SMILES string of the molecule is COC(=O)[C@@H](NC(=O)[C@@](F)(C#N)c1ccc(C)cc1)[C@@H](C)OCc1ccccc1. The summed E-state index contributed by atoms with van der Waals surface area (Å²) in [7, 11) is 1.15. The second-order valence-electron chi connectivity index (χ2n) is 6.61. The number of esters is 1. The number of halogens is 1. The van der Waals surface area contributed by atoms with Gasteiger partial charge in [0, 0.05) is 5.56 Å². The van der Waals surface area contributed by atoms with Gasteiger partial charge in [0.2, 0.25) is 0 Å². The summed E-state index contributed by atoms with van der Waals surface area (Å²) in [6.45, 7) is 3.54. The molecule has 0 bridgehead atoms. The number of nitrogens with one attached hydrogen (secondary N) is 1. The number of hydrogen-bond donors (Lipinski definition) is 1. The van der Waals surface area contributed by atoms with Gasteiger partial charge in [0.1, 0.15) is 6.07 Å². The van der Waals surface area contributed by atoms with Gasteiger partial charge in [-0.2, -0.15) is 5.26 Å². The molecule has 0 aliphatic heterocycles. The number of carbonyl (C=O) groups is 2. The van der Waals surface area contributed by atoms with E-state index < -0.39 is 29.7 Å². The second-order valence-corrected chi connectivity index (χ2v) is 6.61. The Morgan fingerprint density at radius 2 is 1.79 bits per heavy atom. The summed E-state index contributed by atoms with van der Waals surface area (Å²) in [6.07, 6.45) is -0.826. The van der Waals surface area contributed by atoms with Crippen LogP contribution in [-0.2, 0) is 31.3 Å². The first-order valence-corrected chi connectivity index (χ1v) is 9.03. The average Bonchev–Trinajstić information content (AvgIpc) is 2.75. The largest absolute Gasteiger partial charge is 0.467 e. The van der Waals surface area contributed by atoms with E-state index in [1.807, 2.05) is 30.3 Å². The van der Waals surface area contributed by atoms with Crippen LogP contribution in [0.3, 0.4) is 0 Å². The van der Waals surface area contributed by atoms with Crippen molar-refractivity contribution in [2.24, 2.45) is 0 Å². The second kappa shape index (κ2) is 9.80. The third kappa shape index (κ3) is 5.39. The van der Waals surface area contributed by atoms with Gasteiger partial charge in [-0.25, -0.2) is 9.18 Å². The summed E-state index contributed by atoms with van der Waals surface area (Å²) in [6, 6.07) is 15.3. The van der Waals surface area contributed by atoms with Gasteiger partial charge in [-0.1, -0.05) is 60.2 Å². The van der Waals surface area contributed by atoms with Crippen LogP contribution in [0.25, 0.3) is 0 Å². The van der Waals surface area contributed by atoms with Crippen molar-refractivity contribution in [1.29, 1.82) is 5.26 Å². The molecule has 1 N–H and O–H groups in total. The van der Waals surface area contributed by atoms with E-state index in [9.17, 15) is 14.9 Å². The van der Waals surface area contributed by atoms with Gasteiger partial charge in [0.05, 0.1) is 19.8 Å². The summed E-state index contributed by atoms with van der Waals surface area (Å²) < 4.78 is 25.6. The van der Waals surface area contributed by atoms with Crippen molar-refractivity contribution >= 4 is 11.9 Å². The molecule has 2 aromatic carbocycles. The Morgan fingerprint density at radius 3 is 2.34 bits per heavy atom. The van der Waals surface area contributed by atoms with Gasteiger partial charge in [-0.15, -0.1) is 0 Å². The monoisotopic (exact) mass is 398 g/mol. The molecule has 0 saturated carbocycles. The molecule has 0 heterocycles. The lowest BCUT2D eigenvalue weighted by Gasteiger charge is -2.26. The highest BCUT2D eigenvalue weighted by Gasteiger charge is 2.44. The molecule has 152 valence electrons. The van der Waals surface area contributed by atoms with Gasteiger partial charge in [-0.05, 0) is 19.4 Å². The Balaban J connectivity index is 2.17. The Labute approximate surface area is 169 Å². The minimum atomic E-state index is -2.96. The molecule has 0 saturated heterocycles. The normalized spacial score (nSPS) is 14.7. The number of alkyl halides is 1. The van der Waals surface area contributed by atoms with Crippen LogP contribution in [0.1, 0.15) is 23.6 Å². The Bertz CT molecular complexity index is 880. The van der Waals surface area contributed by atoms with E-state index in [2.05, 4.69) is 5.32 Å². The van der Waals surface area contributed by atoms with Crippen molar-refractivity contribution in [3.63, 3.8) is 0 Å². The first-order chi connectivity index (χ1) is 13.8. The fourth-order valence-electron chi connectivity index (χ4n) is 2.66. The summed E-state index contributed by atoms with van der Waals surface area (Å²) in [5.74, 6) is -2.06. The molecule has 2 aromatic rings. The minimum absolute atomic E-state index is 0.121. The van der Waals surface area contributed by atoms with Crippen molar-refractivity contribution in [2.45, 2.75) is 38.3 Å². The van der Waals surface area contributed by atoms with Gasteiger partial charge < -0.3 is 14.8 Å². The summed E-state index contributed by atoms with van der Waals surface area (Å²) in [5.41, 5.74) is -1.36. The van der Waals surface area contributed by atoms with Gasteiger partial charge in [-0.3, -0.25) is 4.79 Å². The number of amides is 1. The average molecular weight is 398 g/mol. The smallest absolute Gasteiger partial charge is 0.331 e. The first kappa shape index (κ1) is 22.1.